The first-order valence-corrected chi connectivity index (χ1v) is 24.6. The van der Waals surface area contributed by atoms with Crippen LogP contribution in [0.1, 0.15) is 22.9 Å². The van der Waals surface area contributed by atoms with Gasteiger partial charge in [0, 0.05) is 38.1 Å². The third kappa shape index (κ3) is 5.88. The fraction of sp³-hybridized carbons (Fsp3) is 0.0149. The zero-order valence-electron chi connectivity index (χ0n) is 38.8. The minimum absolute atomic E-state index is 0.468. The van der Waals surface area contributed by atoms with Crippen molar-refractivity contribution in [1.29, 1.82) is 0 Å². The molecule has 0 aliphatic carbocycles. The highest BCUT2D eigenvalue weighted by Crippen LogP contribution is 2.42. The molecule has 16 rings (SSSR count). The number of aromatic nitrogens is 1. The van der Waals surface area contributed by atoms with Gasteiger partial charge >= 0.3 is 0 Å². The van der Waals surface area contributed by atoms with E-state index in [1.807, 2.05) is 0 Å². The van der Waals surface area contributed by atoms with E-state index in [9.17, 15) is 0 Å². The summed E-state index contributed by atoms with van der Waals surface area (Å²) in [6.07, 6.45) is -0.468. The summed E-state index contributed by atoms with van der Waals surface area (Å²) in [6, 6.07) is 83.7. The van der Waals surface area contributed by atoms with Crippen molar-refractivity contribution in [1.82, 2.24) is 9.88 Å². The van der Waals surface area contributed by atoms with Gasteiger partial charge in [-0.2, -0.15) is 0 Å². The zero-order valence-corrected chi connectivity index (χ0v) is 38.8. The minimum Gasteiger partial charge on any atom is -0.455 e. The molecule has 13 aromatic carbocycles. The van der Waals surface area contributed by atoms with Gasteiger partial charge in [-0.3, -0.25) is 0 Å². The molecule has 0 radical (unpaired) electrons. The molecule has 5 heteroatoms. The number of hydrogen-bond donors (Lipinski definition) is 1. The fourth-order valence-electron chi connectivity index (χ4n) is 11.8. The Morgan fingerprint density at radius 2 is 0.875 bits per heavy atom. The Bertz CT molecular complexity index is 4830. The second kappa shape index (κ2) is 15.0. The molecular weight excluding hydrogens is 877 g/mol. The van der Waals surface area contributed by atoms with E-state index >= 15 is 0 Å². The lowest BCUT2D eigenvalue weighted by Crippen LogP contribution is -2.34. The van der Waals surface area contributed by atoms with Crippen molar-refractivity contribution in [3.05, 3.63) is 247 Å². The van der Waals surface area contributed by atoms with Crippen LogP contribution in [0.5, 0.6) is 0 Å². The van der Waals surface area contributed by atoms with Gasteiger partial charge in [0.2, 0.25) is 0 Å². The number of nitrogens with zero attached hydrogens (tertiary/aromatic N) is 3. The molecule has 0 spiro atoms. The number of aliphatic imine (C=N–C) groups is 2. The van der Waals surface area contributed by atoms with Crippen LogP contribution in [-0.2, 0) is 0 Å². The number of hydrogen-bond acceptors (Lipinski definition) is 4. The summed E-state index contributed by atoms with van der Waals surface area (Å²) >= 11 is 0. The maximum Gasteiger partial charge on any atom is 0.159 e. The van der Waals surface area contributed by atoms with Crippen molar-refractivity contribution in [2.24, 2.45) is 9.98 Å². The molecule has 1 atom stereocenters. The minimum atomic E-state index is -0.468. The number of rotatable bonds is 4. The van der Waals surface area contributed by atoms with Crippen LogP contribution < -0.4 is 5.32 Å². The Labute approximate surface area is 412 Å². The molecule has 72 heavy (non-hydrogen) atoms. The highest BCUT2D eigenvalue weighted by molar-refractivity contribution is 6.22. The van der Waals surface area contributed by atoms with Gasteiger partial charge < -0.3 is 14.3 Å². The molecule has 15 aromatic rings. The highest BCUT2D eigenvalue weighted by atomic mass is 16.3. The molecule has 5 nitrogen and oxygen atoms in total. The molecule has 1 aliphatic rings. The van der Waals surface area contributed by atoms with Crippen molar-refractivity contribution in [2.45, 2.75) is 6.17 Å². The van der Waals surface area contributed by atoms with Crippen molar-refractivity contribution in [3.63, 3.8) is 0 Å². The van der Waals surface area contributed by atoms with Crippen molar-refractivity contribution >= 4 is 131 Å². The van der Waals surface area contributed by atoms with Gasteiger partial charge in [-0.05, 0) is 130 Å². The van der Waals surface area contributed by atoms with Crippen LogP contribution in [0.25, 0.3) is 125 Å². The highest BCUT2D eigenvalue weighted by Gasteiger charge is 2.27. The lowest BCUT2D eigenvalue weighted by atomic mass is 9.98. The number of fused-ring (bicyclic) bond motifs is 16. The second-order valence-corrected chi connectivity index (χ2v) is 19.3. The van der Waals surface area contributed by atoms with E-state index < -0.39 is 6.17 Å². The van der Waals surface area contributed by atoms with E-state index in [4.69, 9.17) is 14.4 Å². The molecule has 1 unspecified atom stereocenters. The monoisotopic (exact) mass is 916 g/mol. The van der Waals surface area contributed by atoms with Crippen molar-refractivity contribution in [3.8, 4) is 5.69 Å². The van der Waals surface area contributed by atoms with Crippen LogP contribution in [0.15, 0.2) is 245 Å². The smallest absolute Gasteiger partial charge is 0.159 e. The third-order valence-corrected chi connectivity index (χ3v) is 15.3. The summed E-state index contributed by atoms with van der Waals surface area (Å²) in [6.45, 7) is 0. The van der Waals surface area contributed by atoms with Crippen LogP contribution in [0.4, 0.5) is 0 Å². The van der Waals surface area contributed by atoms with E-state index in [-0.39, 0.29) is 0 Å². The number of amidine groups is 2. The van der Waals surface area contributed by atoms with Gasteiger partial charge in [-0.25, -0.2) is 9.98 Å². The quantitative estimate of drug-likeness (QED) is 0.179. The third-order valence-electron chi connectivity index (χ3n) is 15.3. The molecule has 2 aromatic heterocycles. The van der Waals surface area contributed by atoms with Crippen molar-refractivity contribution < 1.29 is 4.42 Å². The maximum atomic E-state index is 7.03. The standard InChI is InChI=1S/C67H40N4O/c1-3-16-44-35-60-56(33-42(44)14-1)57-34-43-15-2-4-17-45(43)36-61(57)71(60)62-37-58-55-30-25-41-13-7-10-20-54(41)64(55)72-63(58)38-59(62)67-69-65(48-26-28-52-46(31-48)23-21-39-11-5-8-18-50(39)52)68-66(70-67)49-27-29-53-47(32-49)24-22-40-12-6-9-19-51(40)53/h1-38,65H,(H,68,69,70). The van der Waals surface area contributed by atoms with Gasteiger partial charge in [-0.1, -0.05) is 176 Å². The summed E-state index contributed by atoms with van der Waals surface area (Å²) in [5, 5.41) is 25.0. The Balaban J connectivity index is 0.989. The van der Waals surface area contributed by atoms with Crippen LogP contribution in [0, 0.1) is 0 Å². The summed E-state index contributed by atoms with van der Waals surface area (Å²) < 4.78 is 9.49. The zero-order chi connectivity index (χ0) is 47.0. The van der Waals surface area contributed by atoms with Gasteiger partial charge in [0.15, 0.2) is 5.84 Å². The first-order chi connectivity index (χ1) is 35.6. The van der Waals surface area contributed by atoms with E-state index in [0.717, 1.165) is 76.9 Å². The molecule has 0 fully saturated rings. The van der Waals surface area contributed by atoms with Crippen LogP contribution >= 0.6 is 0 Å². The Morgan fingerprint density at radius 1 is 0.375 bits per heavy atom. The van der Waals surface area contributed by atoms with Crippen molar-refractivity contribution in [2.75, 3.05) is 0 Å². The largest absolute Gasteiger partial charge is 0.455 e. The Hall–Kier alpha value is -9.58. The molecular formula is C67H40N4O. The summed E-state index contributed by atoms with van der Waals surface area (Å²) in [5.41, 5.74) is 7.77. The van der Waals surface area contributed by atoms with Gasteiger partial charge in [-0.15, -0.1) is 0 Å². The maximum absolute atomic E-state index is 7.03. The fourth-order valence-corrected chi connectivity index (χ4v) is 11.8. The first kappa shape index (κ1) is 39.3. The summed E-state index contributed by atoms with van der Waals surface area (Å²) in [4.78, 5) is 11.1. The van der Waals surface area contributed by atoms with Gasteiger partial charge in [0.25, 0.3) is 0 Å². The molecule has 0 saturated heterocycles. The number of benzene rings is 13. The summed E-state index contributed by atoms with van der Waals surface area (Å²) in [5.74, 6) is 1.37. The van der Waals surface area contributed by atoms with Crippen LogP contribution in [0.2, 0.25) is 0 Å². The molecule has 1 aliphatic heterocycles. The molecule has 0 amide bonds. The molecule has 3 heterocycles. The lowest BCUT2D eigenvalue weighted by molar-refractivity contribution is 0.669. The molecule has 334 valence electrons. The SMILES string of the molecule is c1ccc2cc3c(cc2c1)c1cc2ccccc2cc1n3-c1cc2c(cc1C1=NC(c3ccc4c(ccc5ccccc54)c3)=NC(c3ccc4c(ccc5ccccc54)c3)N1)oc1c3ccccc3ccc21. The normalized spacial score (nSPS) is 14.2. The number of nitrogens with one attached hydrogen (secondary N) is 1. The van der Waals surface area contributed by atoms with E-state index in [1.54, 1.807) is 0 Å². The van der Waals surface area contributed by atoms with Gasteiger partial charge in [0.05, 0.1) is 16.7 Å². The lowest BCUT2D eigenvalue weighted by Gasteiger charge is -2.26. The van der Waals surface area contributed by atoms with E-state index in [0.29, 0.717) is 11.7 Å². The topological polar surface area (TPSA) is 54.8 Å². The Morgan fingerprint density at radius 3 is 1.53 bits per heavy atom. The predicted octanol–water partition coefficient (Wildman–Crippen LogP) is 17.3. The second-order valence-electron chi connectivity index (χ2n) is 19.3. The Kier molecular flexibility index (Phi) is 8.16. The first-order valence-electron chi connectivity index (χ1n) is 24.6. The van der Waals surface area contributed by atoms with Crippen LogP contribution in [-0.4, -0.2) is 16.2 Å². The van der Waals surface area contributed by atoms with E-state index in [1.165, 1.54) is 64.6 Å². The van der Waals surface area contributed by atoms with Gasteiger partial charge in [0.1, 0.15) is 23.2 Å². The summed E-state index contributed by atoms with van der Waals surface area (Å²) in [7, 11) is 0. The number of furan rings is 1. The van der Waals surface area contributed by atoms with Crippen LogP contribution in [0.3, 0.4) is 0 Å². The predicted molar refractivity (Wildman–Crippen MR) is 302 cm³/mol. The van der Waals surface area contributed by atoms with E-state index in [2.05, 4.69) is 240 Å². The average Bonchev–Trinajstić information content (AvgIpc) is 3.97. The molecule has 0 saturated carbocycles. The molecule has 0 bridgehead atoms. The average molecular weight is 917 g/mol. The molecule has 1 N–H and O–H groups in total.